The standard InChI is InChI=1S/C24H32N6O/c31-23-6-3-11-26-22(23)16-25-14-18-7-9-19(10-8-18)15-29-20-4-1-2-5-21(20)30-17-24-27-12-13-28-24/h3,6-13,20-21,25,29-31H,1-2,4-5,14-17H2,(H,27,28)/t20-,21+/m1/s1. The summed E-state index contributed by atoms with van der Waals surface area (Å²) in [5.41, 5.74) is 3.18. The fraction of sp³-hybridized carbons (Fsp3) is 0.417. The zero-order chi connectivity index (χ0) is 21.3. The molecule has 1 aliphatic carbocycles. The van der Waals surface area contributed by atoms with Gasteiger partial charge < -0.3 is 26.0 Å². The van der Waals surface area contributed by atoms with Gasteiger partial charge in [0.2, 0.25) is 0 Å². The van der Waals surface area contributed by atoms with E-state index in [-0.39, 0.29) is 5.75 Å². The maximum Gasteiger partial charge on any atom is 0.138 e. The zero-order valence-corrected chi connectivity index (χ0v) is 17.8. The monoisotopic (exact) mass is 420 g/mol. The van der Waals surface area contributed by atoms with E-state index < -0.39 is 0 Å². The number of H-pyrrole nitrogens is 1. The van der Waals surface area contributed by atoms with Gasteiger partial charge in [-0.2, -0.15) is 0 Å². The van der Waals surface area contributed by atoms with Gasteiger partial charge in [0.25, 0.3) is 0 Å². The van der Waals surface area contributed by atoms with Crippen molar-refractivity contribution in [3.8, 4) is 5.75 Å². The van der Waals surface area contributed by atoms with E-state index in [0.29, 0.717) is 24.3 Å². The van der Waals surface area contributed by atoms with Gasteiger partial charge in [0.05, 0.1) is 12.2 Å². The van der Waals surface area contributed by atoms with Crippen LogP contribution >= 0.6 is 0 Å². The Morgan fingerprint density at radius 3 is 2.23 bits per heavy atom. The highest BCUT2D eigenvalue weighted by molar-refractivity contribution is 5.25. The van der Waals surface area contributed by atoms with E-state index in [4.69, 9.17) is 0 Å². The molecule has 164 valence electrons. The van der Waals surface area contributed by atoms with Gasteiger partial charge in [0.1, 0.15) is 11.6 Å². The van der Waals surface area contributed by atoms with E-state index in [1.807, 2.05) is 6.20 Å². The molecule has 1 saturated carbocycles. The summed E-state index contributed by atoms with van der Waals surface area (Å²) in [5.74, 6) is 1.22. The Morgan fingerprint density at radius 2 is 1.55 bits per heavy atom. The molecular formula is C24H32N6O. The van der Waals surface area contributed by atoms with E-state index in [9.17, 15) is 5.11 Å². The van der Waals surface area contributed by atoms with Crippen LogP contribution in [-0.4, -0.2) is 32.1 Å². The number of aromatic amines is 1. The fourth-order valence-corrected chi connectivity index (χ4v) is 4.16. The molecule has 1 aliphatic rings. The van der Waals surface area contributed by atoms with Crippen molar-refractivity contribution in [2.75, 3.05) is 0 Å². The molecule has 2 aromatic heterocycles. The van der Waals surface area contributed by atoms with Crippen LogP contribution in [0.25, 0.3) is 0 Å². The van der Waals surface area contributed by atoms with Crippen LogP contribution < -0.4 is 16.0 Å². The first-order valence-corrected chi connectivity index (χ1v) is 11.1. The van der Waals surface area contributed by atoms with Crippen LogP contribution in [0.2, 0.25) is 0 Å². The number of nitrogens with one attached hydrogen (secondary N) is 4. The molecule has 0 aliphatic heterocycles. The van der Waals surface area contributed by atoms with Crippen LogP contribution in [0.1, 0.15) is 48.3 Å². The molecule has 0 unspecified atom stereocenters. The number of pyridine rings is 1. The number of aromatic hydroxyl groups is 1. The van der Waals surface area contributed by atoms with Gasteiger partial charge in [0.15, 0.2) is 0 Å². The lowest BCUT2D eigenvalue weighted by Gasteiger charge is -2.33. The molecule has 0 radical (unpaired) electrons. The molecule has 1 aromatic carbocycles. The summed E-state index contributed by atoms with van der Waals surface area (Å²) >= 11 is 0. The topological polar surface area (TPSA) is 97.9 Å². The highest BCUT2D eigenvalue weighted by Gasteiger charge is 2.24. The van der Waals surface area contributed by atoms with E-state index in [0.717, 1.165) is 25.5 Å². The van der Waals surface area contributed by atoms with Gasteiger partial charge in [-0.1, -0.05) is 37.1 Å². The van der Waals surface area contributed by atoms with E-state index in [1.165, 1.54) is 36.8 Å². The molecule has 0 spiro atoms. The molecule has 5 N–H and O–H groups in total. The number of rotatable bonds is 10. The highest BCUT2D eigenvalue weighted by atomic mass is 16.3. The Bertz CT molecular complexity index is 912. The van der Waals surface area contributed by atoms with Crippen LogP contribution in [0.5, 0.6) is 5.75 Å². The Morgan fingerprint density at radius 1 is 0.839 bits per heavy atom. The van der Waals surface area contributed by atoms with Crippen molar-refractivity contribution < 1.29 is 5.11 Å². The molecule has 2 heterocycles. The van der Waals surface area contributed by atoms with Crippen molar-refractivity contribution in [1.29, 1.82) is 0 Å². The Kier molecular flexibility index (Phi) is 7.65. The summed E-state index contributed by atoms with van der Waals surface area (Å²) in [7, 11) is 0. The molecule has 0 amide bonds. The first-order chi connectivity index (χ1) is 15.3. The lowest BCUT2D eigenvalue weighted by molar-refractivity contribution is 0.280. The lowest BCUT2D eigenvalue weighted by atomic mass is 9.90. The second-order valence-corrected chi connectivity index (χ2v) is 8.18. The molecule has 0 saturated heterocycles. The van der Waals surface area contributed by atoms with Crippen molar-refractivity contribution in [3.05, 3.63) is 77.6 Å². The molecular weight excluding hydrogens is 388 g/mol. The molecule has 7 heteroatoms. The van der Waals surface area contributed by atoms with Gasteiger partial charge in [-0.3, -0.25) is 4.98 Å². The minimum absolute atomic E-state index is 0.232. The summed E-state index contributed by atoms with van der Waals surface area (Å²) < 4.78 is 0. The quantitative estimate of drug-likeness (QED) is 0.346. The zero-order valence-electron chi connectivity index (χ0n) is 17.8. The fourth-order valence-electron chi connectivity index (χ4n) is 4.16. The number of imidazole rings is 1. The number of aromatic nitrogens is 3. The van der Waals surface area contributed by atoms with Gasteiger partial charge in [-0.25, -0.2) is 4.98 Å². The van der Waals surface area contributed by atoms with Gasteiger partial charge in [-0.15, -0.1) is 0 Å². The highest BCUT2D eigenvalue weighted by Crippen LogP contribution is 2.19. The molecule has 0 bridgehead atoms. The SMILES string of the molecule is Oc1cccnc1CNCc1ccc(CN[C@@H]2CCCC[C@@H]2NCc2ncc[nH]2)cc1. The molecule has 4 rings (SSSR count). The predicted molar refractivity (Wildman–Crippen MR) is 121 cm³/mol. The van der Waals surface area contributed by atoms with E-state index >= 15 is 0 Å². The van der Waals surface area contributed by atoms with Crippen molar-refractivity contribution >= 4 is 0 Å². The van der Waals surface area contributed by atoms with Crippen LogP contribution in [0.3, 0.4) is 0 Å². The first kappa shape index (κ1) is 21.5. The average Bonchev–Trinajstić information content (AvgIpc) is 3.33. The summed E-state index contributed by atoms with van der Waals surface area (Å²) in [5, 5.41) is 20.6. The third kappa shape index (κ3) is 6.37. The molecule has 2 atom stereocenters. The second kappa shape index (κ2) is 11.0. The Hall–Kier alpha value is -2.74. The summed E-state index contributed by atoms with van der Waals surface area (Å²) in [6.45, 7) is 2.95. The Balaban J connectivity index is 1.22. The largest absolute Gasteiger partial charge is 0.506 e. The van der Waals surface area contributed by atoms with Crippen molar-refractivity contribution in [3.63, 3.8) is 0 Å². The maximum atomic E-state index is 9.79. The van der Waals surface area contributed by atoms with Crippen LogP contribution in [-0.2, 0) is 26.2 Å². The van der Waals surface area contributed by atoms with Gasteiger partial charge >= 0.3 is 0 Å². The van der Waals surface area contributed by atoms with E-state index in [1.54, 1.807) is 24.5 Å². The minimum Gasteiger partial charge on any atom is -0.506 e. The number of nitrogens with zero attached hydrogens (tertiary/aromatic N) is 2. The predicted octanol–water partition coefficient (Wildman–Crippen LogP) is 2.99. The summed E-state index contributed by atoms with van der Waals surface area (Å²) in [6.07, 6.45) is 10.3. The number of hydrogen-bond acceptors (Lipinski definition) is 6. The first-order valence-electron chi connectivity index (χ1n) is 11.1. The van der Waals surface area contributed by atoms with Crippen molar-refractivity contribution in [1.82, 2.24) is 30.9 Å². The van der Waals surface area contributed by atoms with Crippen LogP contribution in [0.4, 0.5) is 0 Å². The summed E-state index contributed by atoms with van der Waals surface area (Å²) in [6, 6.07) is 13.1. The maximum absolute atomic E-state index is 9.79. The third-order valence-corrected chi connectivity index (χ3v) is 5.93. The second-order valence-electron chi connectivity index (χ2n) is 8.18. The average molecular weight is 421 g/mol. The Labute approximate surface area is 183 Å². The van der Waals surface area contributed by atoms with Gasteiger partial charge in [-0.05, 0) is 36.1 Å². The van der Waals surface area contributed by atoms with Crippen LogP contribution in [0.15, 0.2) is 55.0 Å². The molecule has 31 heavy (non-hydrogen) atoms. The summed E-state index contributed by atoms with van der Waals surface area (Å²) in [4.78, 5) is 11.7. The molecule has 7 nitrogen and oxygen atoms in total. The van der Waals surface area contributed by atoms with Crippen LogP contribution in [0, 0.1) is 0 Å². The number of hydrogen-bond donors (Lipinski definition) is 5. The lowest BCUT2D eigenvalue weighted by Crippen LogP contribution is -2.49. The minimum atomic E-state index is 0.232. The third-order valence-electron chi connectivity index (χ3n) is 5.93. The van der Waals surface area contributed by atoms with E-state index in [2.05, 4.69) is 55.2 Å². The van der Waals surface area contributed by atoms with Crippen molar-refractivity contribution in [2.45, 2.75) is 63.9 Å². The normalized spacial score (nSPS) is 18.8. The van der Waals surface area contributed by atoms with Gasteiger partial charge in [0, 0.05) is 50.3 Å². The number of benzene rings is 1. The molecule has 3 aromatic rings. The van der Waals surface area contributed by atoms with Crippen molar-refractivity contribution in [2.24, 2.45) is 0 Å². The smallest absolute Gasteiger partial charge is 0.138 e. The molecule has 1 fully saturated rings.